The number of methoxy groups -OCH3 is 2. The third-order valence-electron chi connectivity index (χ3n) is 5.36. The van der Waals surface area contributed by atoms with Crippen molar-refractivity contribution in [2.24, 2.45) is 0 Å². The van der Waals surface area contributed by atoms with Gasteiger partial charge in [0.15, 0.2) is 5.13 Å². The van der Waals surface area contributed by atoms with Crippen LogP contribution in [0.5, 0.6) is 5.75 Å². The number of hydrogen-bond donors (Lipinski definition) is 1. The molecule has 0 saturated heterocycles. The van der Waals surface area contributed by atoms with E-state index in [0.29, 0.717) is 33.2 Å². The molecule has 3 aromatic heterocycles. The number of rotatable bonds is 7. The average Bonchev–Trinajstić information content (AvgIpc) is 3.41. The van der Waals surface area contributed by atoms with Crippen LogP contribution in [-0.4, -0.2) is 30.2 Å². The quantitative estimate of drug-likeness (QED) is 0.245. The Labute approximate surface area is 217 Å². The van der Waals surface area contributed by atoms with E-state index in [1.54, 1.807) is 30.7 Å². The van der Waals surface area contributed by atoms with Crippen LogP contribution in [-0.2, 0) is 4.74 Å². The molecule has 0 unspecified atom stereocenters. The van der Waals surface area contributed by atoms with Gasteiger partial charge in [-0.15, -0.1) is 11.3 Å². The Morgan fingerprint density at radius 3 is 2.57 bits per heavy atom. The third-order valence-corrected chi connectivity index (χ3v) is 7.61. The molecule has 0 spiro atoms. The first kappa shape index (κ1) is 25.2. The lowest BCUT2D eigenvalue weighted by Gasteiger charge is -2.09. The summed E-state index contributed by atoms with van der Waals surface area (Å²) in [6.45, 7) is 4.00. The number of carbonyl (C=O) groups is 1. The normalized spacial score (nSPS) is 12.5. The summed E-state index contributed by atoms with van der Waals surface area (Å²) in [6.07, 6.45) is 3.97. The van der Waals surface area contributed by atoms with Gasteiger partial charge < -0.3 is 14.8 Å². The second-order valence-electron chi connectivity index (χ2n) is 7.57. The number of pyridine rings is 1. The lowest BCUT2D eigenvalue weighted by atomic mass is 10.1. The first-order chi connectivity index (χ1) is 17.1. The van der Waals surface area contributed by atoms with Gasteiger partial charge in [0.2, 0.25) is 0 Å². The smallest absolute Gasteiger partial charge is 0.341 e. The first-order valence-corrected chi connectivity index (χ1v) is 13.4. The van der Waals surface area contributed by atoms with Gasteiger partial charge in [0.25, 0.3) is 0 Å². The highest BCUT2D eigenvalue weighted by atomic mass is 35.5. The van der Waals surface area contributed by atoms with Crippen LogP contribution < -0.4 is 10.1 Å². The number of nitrogens with one attached hydrogen (secondary N) is 1. The van der Waals surface area contributed by atoms with Crippen LogP contribution in [0.25, 0.3) is 20.9 Å². The molecule has 0 radical (unpaired) electrons. The largest absolute Gasteiger partial charge is 0.495 e. The van der Waals surface area contributed by atoms with Crippen LogP contribution in [0, 0.1) is 0 Å². The molecule has 4 aromatic rings. The Morgan fingerprint density at radius 2 is 1.94 bits per heavy atom. The number of anilines is 2. The fourth-order valence-corrected chi connectivity index (χ4v) is 5.56. The van der Waals surface area contributed by atoms with Crippen LogP contribution in [0.15, 0.2) is 48.0 Å². The standard InChI is InChI=1S/C24H20ClN3O3S2.C2H6/c1-30-18-8-7-14(11-17(18)25)21-20(13-5-6-13)27-24(33-21)28-22-16(23(29)31-2)10-15(12-26-22)19-4-3-9-32-19;1-2/h3-4,7-13H,5-6H2,1-2H3,(H,26,27,28);1-2H3. The van der Waals surface area contributed by atoms with E-state index in [0.717, 1.165) is 39.4 Å². The number of nitrogens with zero attached hydrogens (tertiary/aromatic N) is 2. The molecule has 1 N–H and O–H groups in total. The highest BCUT2D eigenvalue weighted by molar-refractivity contribution is 7.19. The molecular formula is C26H26ClN3O3S2. The predicted molar refractivity (Wildman–Crippen MR) is 145 cm³/mol. The van der Waals surface area contributed by atoms with Crippen molar-refractivity contribution in [2.75, 3.05) is 19.5 Å². The number of thiazole rings is 1. The van der Waals surface area contributed by atoms with Gasteiger partial charge in [0.1, 0.15) is 17.1 Å². The summed E-state index contributed by atoms with van der Waals surface area (Å²) in [6, 6.07) is 11.5. The lowest BCUT2D eigenvalue weighted by molar-refractivity contribution is 0.0601. The van der Waals surface area contributed by atoms with E-state index >= 15 is 0 Å². The number of halogens is 1. The van der Waals surface area contributed by atoms with Gasteiger partial charge in [-0.25, -0.2) is 14.8 Å². The summed E-state index contributed by atoms with van der Waals surface area (Å²) in [7, 11) is 2.96. The summed E-state index contributed by atoms with van der Waals surface area (Å²) in [5.41, 5.74) is 3.25. The van der Waals surface area contributed by atoms with Crippen molar-refractivity contribution in [2.45, 2.75) is 32.6 Å². The van der Waals surface area contributed by atoms with Gasteiger partial charge in [0, 0.05) is 22.6 Å². The topological polar surface area (TPSA) is 73.3 Å². The van der Waals surface area contributed by atoms with Crippen molar-refractivity contribution in [3.63, 3.8) is 0 Å². The van der Waals surface area contributed by atoms with Crippen molar-refractivity contribution < 1.29 is 14.3 Å². The zero-order chi connectivity index (χ0) is 24.9. The van der Waals surface area contributed by atoms with Crippen molar-refractivity contribution in [1.82, 2.24) is 9.97 Å². The second kappa shape index (κ2) is 11.2. The maximum Gasteiger partial charge on any atom is 0.341 e. The fourth-order valence-electron chi connectivity index (χ4n) is 3.54. The minimum absolute atomic E-state index is 0.362. The molecule has 0 amide bonds. The number of hydrogen-bond acceptors (Lipinski definition) is 8. The van der Waals surface area contributed by atoms with Crippen LogP contribution in [0.3, 0.4) is 0 Å². The molecule has 1 saturated carbocycles. The molecule has 0 aliphatic heterocycles. The highest BCUT2D eigenvalue weighted by Crippen LogP contribution is 2.48. The van der Waals surface area contributed by atoms with Gasteiger partial charge in [-0.2, -0.15) is 0 Å². The van der Waals surface area contributed by atoms with Crippen molar-refractivity contribution in [3.05, 3.63) is 64.3 Å². The van der Waals surface area contributed by atoms with Crippen molar-refractivity contribution in [1.29, 1.82) is 0 Å². The molecule has 182 valence electrons. The van der Waals surface area contributed by atoms with Crippen LogP contribution >= 0.6 is 34.3 Å². The van der Waals surface area contributed by atoms with E-state index < -0.39 is 5.97 Å². The third kappa shape index (κ3) is 5.50. The number of thiophene rings is 1. The number of ether oxygens (including phenoxy) is 2. The Hall–Kier alpha value is -2.94. The minimum Gasteiger partial charge on any atom is -0.495 e. The SMILES string of the molecule is CC.COC(=O)c1cc(-c2cccs2)cnc1Nc1nc(C2CC2)c(-c2ccc(OC)c(Cl)c2)s1. The molecule has 5 rings (SSSR count). The number of esters is 1. The predicted octanol–water partition coefficient (Wildman–Crippen LogP) is 8.03. The van der Waals surface area contributed by atoms with Gasteiger partial charge in [-0.1, -0.05) is 42.9 Å². The van der Waals surface area contributed by atoms with Gasteiger partial charge in [0.05, 0.1) is 29.8 Å². The minimum atomic E-state index is -0.454. The molecule has 1 aromatic carbocycles. The first-order valence-electron chi connectivity index (χ1n) is 11.3. The molecule has 1 fully saturated rings. The summed E-state index contributed by atoms with van der Waals surface area (Å²) >= 11 is 9.48. The summed E-state index contributed by atoms with van der Waals surface area (Å²) in [5.74, 6) is 1.03. The Bertz CT molecular complexity index is 1320. The average molecular weight is 528 g/mol. The Balaban J connectivity index is 0.00000141. The van der Waals surface area contributed by atoms with E-state index in [-0.39, 0.29) is 0 Å². The van der Waals surface area contributed by atoms with E-state index in [1.807, 2.05) is 49.6 Å². The molecule has 9 heteroatoms. The fraction of sp³-hybridized carbons (Fsp3) is 0.269. The van der Waals surface area contributed by atoms with E-state index in [4.69, 9.17) is 26.1 Å². The summed E-state index contributed by atoms with van der Waals surface area (Å²) in [4.78, 5) is 24.0. The van der Waals surface area contributed by atoms with E-state index in [9.17, 15) is 4.79 Å². The summed E-state index contributed by atoms with van der Waals surface area (Å²) < 4.78 is 10.3. The maximum absolute atomic E-state index is 12.5. The van der Waals surface area contributed by atoms with Gasteiger partial charge >= 0.3 is 5.97 Å². The molecule has 0 bridgehead atoms. The number of carbonyl (C=O) groups excluding carboxylic acids is 1. The van der Waals surface area contributed by atoms with E-state index in [1.165, 1.54) is 18.4 Å². The molecular weight excluding hydrogens is 502 g/mol. The zero-order valence-electron chi connectivity index (χ0n) is 19.9. The Kier molecular flexibility index (Phi) is 8.05. The zero-order valence-corrected chi connectivity index (χ0v) is 22.3. The molecule has 0 atom stereocenters. The van der Waals surface area contributed by atoms with Crippen molar-refractivity contribution >= 4 is 51.2 Å². The van der Waals surface area contributed by atoms with Crippen LogP contribution in [0.1, 0.15) is 48.7 Å². The van der Waals surface area contributed by atoms with Gasteiger partial charge in [-0.3, -0.25) is 0 Å². The highest BCUT2D eigenvalue weighted by Gasteiger charge is 2.31. The number of benzene rings is 1. The summed E-state index contributed by atoms with van der Waals surface area (Å²) in [5, 5.41) is 6.46. The van der Waals surface area contributed by atoms with Gasteiger partial charge in [-0.05, 0) is 54.1 Å². The molecule has 35 heavy (non-hydrogen) atoms. The number of aromatic nitrogens is 2. The molecule has 1 aliphatic carbocycles. The van der Waals surface area contributed by atoms with E-state index in [2.05, 4.69) is 10.3 Å². The Morgan fingerprint density at radius 1 is 1.14 bits per heavy atom. The monoisotopic (exact) mass is 527 g/mol. The van der Waals surface area contributed by atoms with Crippen LogP contribution in [0.4, 0.5) is 10.9 Å². The lowest BCUT2D eigenvalue weighted by Crippen LogP contribution is -2.07. The molecule has 3 heterocycles. The van der Waals surface area contributed by atoms with Crippen LogP contribution in [0.2, 0.25) is 5.02 Å². The molecule has 1 aliphatic rings. The molecule has 6 nitrogen and oxygen atoms in total. The maximum atomic E-state index is 12.5. The second-order valence-corrected chi connectivity index (χ2v) is 9.92. The van der Waals surface area contributed by atoms with Crippen molar-refractivity contribution in [3.8, 4) is 26.6 Å².